The summed E-state index contributed by atoms with van der Waals surface area (Å²) in [4.78, 5) is 24.6. The van der Waals surface area contributed by atoms with Crippen molar-refractivity contribution in [2.75, 3.05) is 27.4 Å². The molecule has 0 spiro atoms. The Balaban J connectivity index is 1.52. The molecule has 0 aliphatic carbocycles. The lowest BCUT2D eigenvalue weighted by atomic mass is 9.97. The molecular weight excluding hydrogens is 616 g/mol. The molecule has 4 rings (SSSR count). The maximum atomic E-state index is 12.3. The zero-order chi connectivity index (χ0) is 33.7. The molecule has 2 heterocycles. The van der Waals surface area contributed by atoms with E-state index in [1.54, 1.807) is 0 Å². The summed E-state index contributed by atoms with van der Waals surface area (Å²) in [5, 5.41) is 79.5. The molecule has 250 valence electrons. The summed E-state index contributed by atoms with van der Waals surface area (Å²) >= 11 is 0. The number of carbonyl (C=O) groups is 2. The number of aromatic hydroxyl groups is 2. The molecule has 46 heavy (non-hydrogen) atoms. The molecule has 2 unspecified atom stereocenters. The molecule has 2 aromatic rings. The van der Waals surface area contributed by atoms with E-state index >= 15 is 0 Å². The topological polar surface area (TPSA) is 251 Å². The minimum absolute atomic E-state index is 0.0228. The predicted octanol–water partition coefficient (Wildman–Crippen LogP) is -1.23. The third-order valence-corrected chi connectivity index (χ3v) is 7.20. The molecular formula is C30H34O16. The molecule has 16 heteroatoms. The lowest BCUT2D eigenvalue weighted by Gasteiger charge is -2.15. The van der Waals surface area contributed by atoms with Crippen LogP contribution in [0.1, 0.15) is 11.1 Å². The molecule has 0 radical (unpaired) electrons. The third kappa shape index (κ3) is 7.75. The van der Waals surface area contributed by atoms with Gasteiger partial charge in [0.1, 0.15) is 49.8 Å². The Hall–Kier alpha value is -4.26. The number of aliphatic hydroxyl groups is 6. The number of esters is 2. The van der Waals surface area contributed by atoms with Gasteiger partial charge in [0, 0.05) is 23.3 Å². The van der Waals surface area contributed by atoms with Crippen molar-refractivity contribution in [1.29, 1.82) is 0 Å². The molecule has 0 bridgehead atoms. The van der Waals surface area contributed by atoms with Crippen molar-refractivity contribution in [2.45, 2.75) is 49.2 Å². The molecule has 2 saturated heterocycles. The molecule has 2 aliphatic heterocycles. The van der Waals surface area contributed by atoms with Crippen LogP contribution >= 0.6 is 0 Å². The van der Waals surface area contributed by atoms with Gasteiger partial charge in [-0.1, -0.05) is 0 Å². The van der Waals surface area contributed by atoms with Crippen LogP contribution in [0.5, 0.6) is 23.0 Å². The molecule has 8 atom stereocenters. The second-order valence-electron chi connectivity index (χ2n) is 10.3. The lowest BCUT2D eigenvalue weighted by Crippen LogP contribution is -2.34. The Morgan fingerprint density at radius 2 is 1.02 bits per heavy atom. The number of hydrogen-bond acceptors (Lipinski definition) is 16. The summed E-state index contributed by atoms with van der Waals surface area (Å²) < 4.78 is 30.4. The molecule has 2 aromatic carbocycles. The number of ether oxygens (including phenoxy) is 6. The standard InChI is InChI=1S/C30H34O16/c1-41-17-9-13(3-5-21(31)43-11-19-25(35)27(37)29(39)45-19)7-15(23(17)33)16-8-14(10-18(42-2)24(16)34)4-6-22(32)44-12-20-26(36)28(38)30(40)46-20/h3-10,19-20,25-30,33-40H,11-12H2,1-2H3/b5-3+,6-4+/t19-,20-,25-,26-,27+,28+,29?,30?/m0/s1. The number of benzene rings is 2. The number of hydrogen-bond donors (Lipinski definition) is 8. The van der Waals surface area contributed by atoms with Gasteiger partial charge in [-0.3, -0.25) is 0 Å². The summed E-state index contributed by atoms with van der Waals surface area (Å²) in [5.41, 5.74) is 0.741. The van der Waals surface area contributed by atoms with Gasteiger partial charge in [0.2, 0.25) is 0 Å². The first-order valence-electron chi connectivity index (χ1n) is 13.8. The van der Waals surface area contributed by atoms with Gasteiger partial charge in [-0.05, 0) is 47.5 Å². The van der Waals surface area contributed by atoms with Crippen molar-refractivity contribution >= 4 is 24.1 Å². The Kier molecular flexibility index (Phi) is 11.2. The zero-order valence-corrected chi connectivity index (χ0v) is 24.5. The average molecular weight is 651 g/mol. The van der Waals surface area contributed by atoms with Crippen LogP contribution in [-0.4, -0.2) is 129 Å². The van der Waals surface area contributed by atoms with Crippen LogP contribution < -0.4 is 9.47 Å². The average Bonchev–Trinajstić information content (AvgIpc) is 3.44. The van der Waals surface area contributed by atoms with Crippen molar-refractivity contribution in [3.63, 3.8) is 0 Å². The fraction of sp³-hybridized carbons (Fsp3) is 0.400. The number of phenolic OH excluding ortho intramolecular Hbond substituents is 2. The smallest absolute Gasteiger partial charge is 0.330 e. The van der Waals surface area contributed by atoms with E-state index in [1.807, 2.05) is 0 Å². The monoisotopic (exact) mass is 650 g/mol. The van der Waals surface area contributed by atoms with Gasteiger partial charge in [-0.15, -0.1) is 0 Å². The summed E-state index contributed by atoms with van der Waals surface area (Å²) in [6.45, 7) is -0.903. The molecule has 2 fully saturated rings. The Morgan fingerprint density at radius 3 is 1.33 bits per heavy atom. The van der Waals surface area contributed by atoms with E-state index in [0.29, 0.717) is 11.1 Å². The van der Waals surface area contributed by atoms with Gasteiger partial charge < -0.3 is 69.3 Å². The maximum absolute atomic E-state index is 12.3. The molecule has 2 aliphatic rings. The summed E-state index contributed by atoms with van der Waals surface area (Å²) in [7, 11) is 2.58. The molecule has 16 nitrogen and oxygen atoms in total. The van der Waals surface area contributed by atoms with E-state index in [-0.39, 0.29) is 34.1 Å². The highest BCUT2D eigenvalue weighted by Gasteiger charge is 2.43. The molecule has 0 saturated carbocycles. The van der Waals surface area contributed by atoms with Gasteiger partial charge in [-0.2, -0.15) is 0 Å². The Bertz CT molecular complexity index is 1360. The van der Waals surface area contributed by atoms with Crippen molar-refractivity contribution < 1.29 is 78.9 Å². The van der Waals surface area contributed by atoms with E-state index in [2.05, 4.69) is 0 Å². The van der Waals surface area contributed by atoms with Gasteiger partial charge in [-0.25, -0.2) is 9.59 Å². The van der Waals surface area contributed by atoms with Crippen molar-refractivity contribution in [1.82, 2.24) is 0 Å². The van der Waals surface area contributed by atoms with Crippen LogP contribution in [-0.2, 0) is 28.5 Å². The second-order valence-corrected chi connectivity index (χ2v) is 10.3. The number of aliphatic hydroxyl groups excluding tert-OH is 6. The molecule has 0 amide bonds. The fourth-order valence-corrected chi connectivity index (χ4v) is 4.66. The summed E-state index contributed by atoms with van der Waals surface area (Å²) in [6, 6.07) is 5.64. The van der Waals surface area contributed by atoms with Crippen molar-refractivity contribution in [2.24, 2.45) is 0 Å². The minimum atomic E-state index is -1.62. The van der Waals surface area contributed by atoms with Crippen LogP contribution in [0.15, 0.2) is 36.4 Å². The predicted molar refractivity (Wildman–Crippen MR) is 154 cm³/mol. The number of methoxy groups -OCH3 is 2. The first kappa shape index (κ1) is 34.6. The quantitative estimate of drug-likeness (QED) is 0.105. The second kappa shape index (κ2) is 14.9. The van der Waals surface area contributed by atoms with Gasteiger partial charge in [0.25, 0.3) is 0 Å². The van der Waals surface area contributed by atoms with E-state index < -0.39 is 74.4 Å². The minimum Gasteiger partial charge on any atom is -0.504 e. The SMILES string of the molecule is COc1cc(/C=C/C(=O)OC[C@@H]2OC(O)[C@H](O)[C@H]2O)cc(-c2cc(/C=C/C(=O)OC[C@@H]3OC(O)[C@H](O)[C@H]3O)cc(OC)c2O)c1O. The van der Waals surface area contributed by atoms with Crippen molar-refractivity contribution in [3.8, 4) is 34.1 Å². The normalized spacial score (nSPS) is 27.7. The molecule has 0 aromatic heterocycles. The first-order valence-corrected chi connectivity index (χ1v) is 13.8. The maximum Gasteiger partial charge on any atom is 0.330 e. The zero-order valence-electron chi connectivity index (χ0n) is 24.5. The third-order valence-electron chi connectivity index (χ3n) is 7.20. The van der Waals surface area contributed by atoms with E-state index in [1.165, 1.54) is 50.6 Å². The van der Waals surface area contributed by atoms with E-state index in [0.717, 1.165) is 12.2 Å². The number of carbonyl (C=O) groups excluding carboxylic acids is 2. The summed E-state index contributed by atoms with van der Waals surface area (Å²) in [5.74, 6) is -2.50. The van der Waals surface area contributed by atoms with Gasteiger partial charge >= 0.3 is 11.9 Å². The highest BCUT2D eigenvalue weighted by atomic mass is 16.7. The van der Waals surface area contributed by atoms with Gasteiger partial charge in [0.05, 0.1) is 14.2 Å². The highest BCUT2D eigenvalue weighted by molar-refractivity contribution is 5.90. The van der Waals surface area contributed by atoms with Crippen molar-refractivity contribution in [3.05, 3.63) is 47.5 Å². The first-order chi connectivity index (χ1) is 21.8. The number of rotatable bonds is 11. The summed E-state index contributed by atoms with van der Waals surface area (Å²) in [6.07, 6.45) is -6.80. The lowest BCUT2D eigenvalue weighted by molar-refractivity contribution is -0.153. The van der Waals surface area contributed by atoms with E-state index in [9.17, 15) is 50.4 Å². The van der Waals surface area contributed by atoms with Crippen LogP contribution in [0.2, 0.25) is 0 Å². The van der Waals surface area contributed by atoms with E-state index in [4.69, 9.17) is 28.4 Å². The Labute approximate surface area is 261 Å². The fourth-order valence-electron chi connectivity index (χ4n) is 4.66. The Morgan fingerprint density at radius 1 is 0.652 bits per heavy atom. The highest BCUT2D eigenvalue weighted by Crippen LogP contribution is 2.45. The van der Waals surface area contributed by atoms with Crippen LogP contribution in [0.4, 0.5) is 0 Å². The molecule has 8 N–H and O–H groups in total. The van der Waals surface area contributed by atoms with Crippen LogP contribution in [0.25, 0.3) is 23.3 Å². The van der Waals surface area contributed by atoms with Crippen LogP contribution in [0, 0.1) is 0 Å². The number of phenols is 2. The van der Waals surface area contributed by atoms with Crippen LogP contribution in [0.3, 0.4) is 0 Å². The largest absolute Gasteiger partial charge is 0.504 e. The van der Waals surface area contributed by atoms with Gasteiger partial charge in [0.15, 0.2) is 35.6 Å².